The molecule has 1 N–H and O–H groups in total. The second-order valence-corrected chi connectivity index (χ2v) is 13.2. The first-order chi connectivity index (χ1) is 19.3. The number of piperidine rings is 1. The Morgan fingerprint density at radius 3 is 2.23 bits per heavy atom. The van der Waals surface area contributed by atoms with Gasteiger partial charge in [0.2, 0.25) is 0 Å². The molecule has 1 aromatic heterocycles. The molecule has 7 nitrogen and oxygen atoms in total. The molecule has 2 aliphatic heterocycles. The molecule has 0 aliphatic carbocycles. The Hall–Kier alpha value is -1.96. The lowest BCUT2D eigenvalue weighted by molar-refractivity contribution is 0.0741. The highest BCUT2D eigenvalue weighted by Gasteiger charge is 2.23. The molecule has 2 fully saturated rings. The number of aliphatic hydroxyl groups excluding tert-OH is 1. The molecule has 0 unspecified atom stereocenters. The van der Waals surface area contributed by atoms with Crippen molar-refractivity contribution in [1.82, 2.24) is 24.3 Å². The maximum atomic E-state index is 13.8. The summed E-state index contributed by atoms with van der Waals surface area (Å²) in [7, 11) is 0. The molecule has 2 saturated heterocycles. The molecule has 0 saturated carbocycles. The fourth-order valence-electron chi connectivity index (χ4n) is 6.31. The smallest absolute Gasteiger partial charge is 0.253 e. The standard InChI is InChI=1S/C33H55N5O2/c1-26(2)10-20-37(21-11-27(3)4)33(40)29-8-9-30-31(25-29)38(17-7-16-35-14-5-6-15-35)32(34-30)24-28-12-18-36(19-13-28)22-23-39/h8-9,25-28,39H,5-7,10-24H2,1-4H3. The fraction of sp³-hybridized carbons (Fsp3) is 0.758. The second-order valence-electron chi connectivity index (χ2n) is 13.2. The number of nitrogens with zero attached hydrogens (tertiary/aromatic N) is 5. The quantitative estimate of drug-likeness (QED) is 0.324. The first-order valence-corrected chi connectivity index (χ1v) is 16.2. The minimum atomic E-state index is 0.158. The number of hydrogen-bond donors (Lipinski definition) is 1. The van der Waals surface area contributed by atoms with Crippen molar-refractivity contribution >= 4 is 16.9 Å². The maximum Gasteiger partial charge on any atom is 0.253 e. The van der Waals surface area contributed by atoms with Crippen molar-refractivity contribution in [3.05, 3.63) is 29.6 Å². The van der Waals surface area contributed by atoms with Crippen LogP contribution in [0.3, 0.4) is 0 Å². The summed E-state index contributed by atoms with van der Waals surface area (Å²) in [5.41, 5.74) is 2.93. The highest BCUT2D eigenvalue weighted by Crippen LogP contribution is 2.26. The SMILES string of the molecule is CC(C)CCN(CCC(C)C)C(=O)c1ccc2nc(CC3CCN(CCO)CC3)n(CCCN3CCCC3)c2c1. The number of fused-ring (bicyclic) bond motifs is 1. The topological polar surface area (TPSA) is 64.8 Å². The predicted molar refractivity (Wildman–Crippen MR) is 165 cm³/mol. The van der Waals surface area contributed by atoms with Crippen molar-refractivity contribution < 1.29 is 9.90 Å². The summed E-state index contributed by atoms with van der Waals surface area (Å²) in [5.74, 6) is 3.11. The van der Waals surface area contributed by atoms with E-state index in [4.69, 9.17) is 4.98 Å². The molecule has 1 aromatic carbocycles. The molecular weight excluding hydrogens is 498 g/mol. The number of carbonyl (C=O) groups is 1. The summed E-state index contributed by atoms with van der Waals surface area (Å²) >= 11 is 0. The van der Waals surface area contributed by atoms with E-state index in [1.54, 1.807) is 0 Å². The second kappa shape index (κ2) is 15.3. The Balaban J connectivity index is 1.55. The van der Waals surface area contributed by atoms with Gasteiger partial charge < -0.3 is 24.4 Å². The molecule has 224 valence electrons. The Morgan fingerprint density at radius 1 is 0.950 bits per heavy atom. The number of aromatic nitrogens is 2. The van der Waals surface area contributed by atoms with Gasteiger partial charge >= 0.3 is 0 Å². The van der Waals surface area contributed by atoms with E-state index in [9.17, 15) is 9.90 Å². The van der Waals surface area contributed by atoms with Gasteiger partial charge in [-0.05, 0) is 114 Å². The third-order valence-corrected chi connectivity index (χ3v) is 8.96. The number of hydrogen-bond acceptors (Lipinski definition) is 5. The Bertz CT molecular complexity index is 1040. The minimum absolute atomic E-state index is 0.158. The molecule has 7 heteroatoms. The van der Waals surface area contributed by atoms with Crippen molar-refractivity contribution in [3.8, 4) is 0 Å². The normalized spacial score (nSPS) is 17.6. The molecule has 4 rings (SSSR count). The summed E-state index contributed by atoms with van der Waals surface area (Å²) in [6.45, 7) is 18.2. The van der Waals surface area contributed by atoms with Crippen LogP contribution in [0.1, 0.15) is 88.8 Å². The lowest BCUT2D eigenvalue weighted by Gasteiger charge is -2.31. The van der Waals surface area contributed by atoms with Crippen LogP contribution in [0, 0.1) is 17.8 Å². The zero-order valence-corrected chi connectivity index (χ0v) is 25.8. The number of aryl methyl sites for hydroxylation is 1. The van der Waals surface area contributed by atoms with Crippen LogP contribution in [0.2, 0.25) is 0 Å². The number of imidazole rings is 1. The van der Waals surface area contributed by atoms with Gasteiger partial charge in [-0.25, -0.2) is 4.98 Å². The summed E-state index contributed by atoms with van der Waals surface area (Å²) in [4.78, 5) is 26.0. The summed E-state index contributed by atoms with van der Waals surface area (Å²) in [6, 6.07) is 6.21. The molecule has 2 aromatic rings. The largest absolute Gasteiger partial charge is 0.395 e. The van der Waals surface area contributed by atoms with Gasteiger partial charge in [0.15, 0.2) is 0 Å². The van der Waals surface area contributed by atoms with E-state index in [1.807, 2.05) is 6.07 Å². The van der Waals surface area contributed by atoms with Crippen LogP contribution >= 0.6 is 0 Å². The van der Waals surface area contributed by atoms with Crippen LogP contribution in [0.15, 0.2) is 18.2 Å². The molecule has 0 radical (unpaired) electrons. The van der Waals surface area contributed by atoms with Crippen LogP contribution in [-0.2, 0) is 13.0 Å². The third kappa shape index (κ3) is 8.77. The average molecular weight is 554 g/mol. The van der Waals surface area contributed by atoms with Crippen LogP contribution in [0.5, 0.6) is 0 Å². The Morgan fingerprint density at radius 2 is 1.60 bits per heavy atom. The lowest BCUT2D eigenvalue weighted by atomic mass is 9.93. The molecular formula is C33H55N5O2. The van der Waals surface area contributed by atoms with Crippen LogP contribution in [-0.4, -0.2) is 94.2 Å². The highest BCUT2D eigenvalue weighted by atomic mass is 16.3. The Kier molecular flexibility index (Phi) is 11.9. The van der Waals surface area contributed by atoms with E-state index < -0.39 is 0 Å². The van der Waals surface area contributed by atoms with E-state index in [2.05, 4.69) is 59.1 Å². The molecule has 1 amide bonds. The predicted octanol–water partition coefficient (Wildman–Crippen LogP) is 5.30. The first-order valence-electron chi connectivity index (χ1n) is 16.2. The number of carbonyl (C=O) groups excluding carboxylic acids is 1. The average Bonchev–Trinajstić information content (AvgIpc) is 3.57. The fourth-order valence-corrected chi connectivity index (χ4v) is 6.31. The van der Waals surface area contributed by atoms with Gasteiger partial charge in [0, 0.05) is 38.2 Å². The maximum absolute atomic E-state index is 13.8. The monoisotopic (exact) mass is 553 g/mol. The zero-order chi connectivity index (χ0) is 28.5. The molecule has 40 heavy (non-hydrogen) atoms. The number of rotatable bonds is 15. The van der Waals surface area contributed by atoms with Gasteiger partial charge in [-0.15, -0.1) is 0 Å². The van der Waals surface area contributed by atoms with E-state index >= 15 is 0 Å². The van der Waals surface area contributed by atoms with Gasteiger partial charge in [0.25, 0.3) is 5.91 Å². The van der Waals surface area contributed by atoms with Crippen LogP contribution < -0.4 is 0 Å². The number of benzene rings is 1. The van der Waals surface area contributed by atoms with Gasteiger partial charge in [-0.2, -0.15) is 0 Å². The van der Waals surface area contributed by atoms with Gasteiger partial charge in [-0.3, -0.25) is 4.79 Å². The van der Waals surface area contributed by atoms with Gasteiger partial charge in [0.05, 0.1) is 17.6 Å². The van der Waals surface area contributed by atoms with Gasteiger partial charge in [0.1, 0.15) is 5.82 Å². The molecule has 0 bridgehead atoms. The van der Waals surface area contributed by atoms with Crippen molar-refractivity contribution in [2.75, 3.05) is 59.0 Å². The lowest BCUT2D eigenvalue weighted by Crippen LogP contribution is -2.36. The molecule has 2 aliphatic rings. The van der Waals surface area contributed by atoms with E-state index in [1.165, 1.54) is 31.8 Å². The first kappa shape index (κ1) is 31.0. The molecule has 0 spiro atoms. The summed E-state index contributed by atoms with van der Waals surface area (Å²) in [5, 5.41) is 9.32. The van der Waals surface area contributed by atoms with Crippen molar-refractivity contribution in [1.29, 1.82) is 0 Å². The third-order valence-electron chi connectivity index (χ3n) is 8.96. The van der Waals surface area contributed by atoms with Gasteiger partial charge in [-0.1, -0.05) is 27.7 Å². The number of likely N-dealkylation sites (tertiary alicyclic amines) is 2. The molecule has 0 atom stereocenters. The summed E-state index contributed by atoms with van der Waals surface area (Å²) < 4.78 is 2.44. The van der Waals surface area contributed by atoms with E-state index in [-0.39, 0.29) is 12.5 Å². The van der Waals surface area contributed by atoms with E-state index in [0.29, 0.717) is 17.8 Å². The Labute approximate surface area is 242 Å². The number of amides is 1. The number of β-amino-alcohol motifs (C(OH)–C–C–N with tert-alkyl or cyclic N) is 1. The number of aliphatic hydroxyl groups is 1. The van der Waals surface area contributed by atoms with Crippen molar-refractivity contribution in [2.24, 2.45) is 17.8 Å². The summed E-state index contributed by atoms with van der Waals surface area (Å²) in [6.07, 6.45) is 9.12. The van der Waals surface area contributed by atoms with Crippen LogP contribution in [0.25, 0.3) is 11.0 Å². The van der Waals surface area contributed by atoms with Crippen LogP contribution in [0.4, 0.5) is 0 Å². The van der Waals surface area contributed by atoms with E-state index in [0.717, 1.165) is 101 Å². The minimum Gasteiger partial charge on any atom is -0.395 e. The zero-order valence-electron chi connectivity index (χ0n) is 25.8. The van der Waals surface area contributed by atoms with Crippen molar-refractivity contribution in [3.63, 3.8) is 0 Å². The van der Waals surface area contributed by atoms with Crippen molar-refractivity contribution in [2.45, 2.75) is 85.6 Å². The molecule has 3 heterocycles. The highest BCUT2D eigenvalue weighted by molar-refractivity contribution is 5.97.